The Morgan fingerprint density at radius 2 is 1.72 bits per heavy atom. The van der Waals surface area contributed by atoms with Crippen molar-refractivity contribution in [3.05, 3.63) is 29.8 Å². The normalized spacial score (nSPS) is 14.8. The van der Waals surface area contributed by atoms with E-state index in [2.05, 4.69) is 5.32 Å². The highest BCUT2D eigenvalue weighted by Gasteiger charge is 2.30. The van der Waals surface area contributed by atoms with Gasteiger partial charge in [-0.05, 0) is 51.3 Å². The van der Waals surface area contributed by atoms with E-state index in [0.717, 1.165) is 11.3 Å². The number of ether oxygens (including phenoxy) is 3. The smallest absolute Gasteiger partial charge is 0.410 e. The van der Waals surface area contributed by atoms with Gasteiger partial charge < -0.3 is 24.4 Å². The van der Waals surface area contributed by atoms with Crippen LogP contribution in [0.1, 0.15) is 39.2 Å². The number of rotatable bonds is 6. The average Bonchev–Trinajstić information content (AvgIpc) is 2.69. The molecule has 0 radical (unpaired) electrons. The maximum absolute atomic E-state index is 12.2. The number of esters is 1. The van der Waals surface area contributed by atoms with Gasteiger partial charge in [0.2, 0.25) is 0 Å². The van der Waals surface area contributed by atoms with Crippen LogP contribution < -0.4 is 10.1 Å². The molecule has 1 aliphatic heterocycles. The lowest BCUT2D eigenvalue weighted by Crippen LogP contribution is -2.43. The number of piperidine rings is 1. The van der Waals surface area contributed by atoms with Crippen molar-refractivity contribution in [2.45, 2.75) is 45.8 Å². The number of likely N-dealkylation sites (tertiary alicyclic amines) is 1. The Labute approximate surface area is 171 Å². The van der Waals surface area contributed by atoms with E-state index >= 15 is 0 Å². The molecule has 1 aromatic rings. The summed E-state index contributed by atoms with van der Waals surface area (Å²) in [4.78, 5) is 37.8. The largest absolute Gasteiger partial charge is 0.497 e. The summed E-state index contributed by atoms with van der Waals surface area (Å²) in [5.74, 6) is -0.344. The Morgan fingerprint density at radius 1 is 1.10 bits per heavy atom. The van der Waals surface area contributed by atoms with Crippen LogP contribution in [0, 0.1) is 5.92 Å². The summed E-state index contributed by atoms with van der Waals surface area (Å²) in [6.45, 7) is 6.32. The third-order valence-corrected chi connectivity index (χ3v) is 4.47. The first-order valence-corrected chi connectivity index (χ1v) is 9.72. The van der Waals surface area contributed by atoms with E-state index in [-0.39, 0.29) is 24.5 Å². The van der Waals surface area contributed by atoms with Gasteiger partial charge in [0.05, 0.1) is 13.0 Å². The minimum absolute atomic E-state index is 0.317. The van der Waals surface area contributed by atoms with Gasteiger partial charge in [0.25, 0.3) is 5.91 Å². The predicted molar refractivity (Wildman–Crippen MR) is 106 cm³/mol. The fraction of sp³-hybridized carbons (Fsp3) is 0.571. The number of hydrogen-bond acceptors (Lipinski definition) is 6. The maximum Gasteiger partial charge on any atom is 0.410 e. The van der Waals surface area contributed by atoms with Crippen LogP contribution in [-0.4, -0.2) is 55.3 Å². The Hall–Kier alpha value is -2.77. The average molecular weight is 406 g/mol. The zero-order valence-corrected chi connectivity index (χ0v) is 17.5. The Morgan fingerprint density at radius 3 is 2.28 bits per heavy atom. The van der Waals surface area contributed by atoms with E-state index in [1.165, 1.54) is 0 Å². The predicted octanol–water partition coefficient (Wildman–Crippen LogP) is 2.50. The van der Waals surface area contributed by atoms with Crippen LogP contribution in [-0.2, 0) is 25.6 Å². The minimum atomic E-state index is -0.550. The third-order valence-electron chi connectivity index (χ3n) is 4.47. The van der Waals surface area contributed by atoms with Crippen LogP contribution in [0.2, 0.25) is 0 Å². The molecule has 1 aromatic carbocycles. The van der Waals surface area contributed by atoms with Crippen molar-refractivity contribution in [1.29, 1.82) is 0 Å². The first kappa shape index (κ1) is 22.5. The molecule has 29 heavy (non-hydrogen) atoms. The zero-order valence-electron chi connectivity index (χ0n) is 17.5. The third kappa shape index (κ3) is 7.63. The summed E-state index contributed by atoms with van der Waals surface area (Å²) >= 11 is 0. The van der Waals surface area contributed by atoms with Gasteiger partial charge in [0, 0.05) is 19.6 Å². The van der Waals surface area contributed by atoms with E-state index in [4.69, 9.17) is 14.2 Å². The second-order valence-corrected chi connectivity index (χ2v) is 7.97. The molecule has 1 heterocycles. The SMILES string of the molecule is COc1ccc(CNC(=O)COC(=O)C2CCN(C(=O)OC(C)(C)C)CC2)cc1. The number of nitrogens with zero attached hydrogens (tertiary/aromatic N) is 1. The summed E-state index contributed by atoms with van der Waals surface area (Å²) in [7, 11) is 1.59. The molecule has 1 N–H and O–H groups in total. The number of nitrogens with one attached hydrogen (secondary N) is 1. The molecular weight excluding hydrogens is 376 g/mol. The van der Waals surface area contributed by atoms with Gasteiger partial charge in [-0.1, -0.05) is 12.1 Å². The molecule has 1 saturated heterocycles. The number of amides is 2. The van der Waals surface area contributed by atoms with E-state index in [1.807, 2.05) is 45.0 Å². The lowest BCUT2D eigenvalue weighted by Gasteiger charge is -2.32. The molecule has 0 spiro atoms. The van der Waals surface area contributed by atoms with Crippen molar-refractivity contribution in [3.8, 4) is 5.75 Å². The van der Waals surface area contributed by atoms with Crippen LogP contribution in [0.15, 0.2) is 24.3 Å². The lowest BCUT2D eigenvalue weighted by molar-refractivity contribution is -0.154. The molecule has 1 fully saturated rings. The van der Waals surface area contributed by atoms with Crippen molar-refractivity contribution < 1.29 is 28.6 Å². The standard InChI is InChI=1S/C21H30N2O6/c1-21(2,3)29-20(26)23-11-9-16(10-12-23)19(25)28-14-18(24)22-13-15-5-7-17(27-4)8-6-15/h5-8,16H,9-14H2,1-4H3,(H,22,24). The van der Waals surface area contributed by atoms with Gasteiger partial charge in [-0.2, -0.15) is 0 Å². The zero-order chi connectivity index (χ0) is 21.4. The molecule has 1 aliphatic rings. The van der Waals surface area contributed by atoms with Crippen molar-refractivity contribution in [1.82, 2.24) is 10.2 Å². The molecule has 2 amide bonds. The summed E-state index contributed by atoms with van der Waals surface area (Å²) in [5.41, 5.74) is 0.367. The highest BCUT2D eigenvalue weighted by Crippen LogP contribution is 2.20. The molecule has 0 atom stereocenters. The van der Waals surface area contributed by atoms with E-state index in [1.54, 1.807) is 12.0 Å². The Balaban J connectivity index is 1.67. The van der Waals surface area contributed by atoms with Crippen molar-refractivity contribution in [3.63, 3.8) is 0 Å². The topological polar surface area (TPSA) is 94.2 Å². The number of carbonyl (C=O) groups excluding carboxylic acids is 3. The van der Waals surface area contributed by atoms with Gasteiger partial charge in [-0.15, -0.1) is 0 Å². The van der Waals surface area contributed by atoms with Crippen LogP contribution in [0.25, 0.3) is 0 Å². The number of carbonyl (C=O) groups is 3. The molecule has 160 valence electrons. The fourth-order valence-corrected chi connectivity index (χ4v) is 2.87. The molecule has 8 nitrogen and oxygen atoms in total. The maximum atomic E-state index is 12.2. The van der Waals surface area contributed by atoms with E-state index in [9.17, 15) is 14.4 Å². The van der Waals surface area contributed by atoms with Crippen LogP contribution in [0.3, 0.4) is 0 Å². The number of hydrogen-bond donors (Lipinski definition) is 1. The van der Waals surface area contributed by atoms with Gasteiger partial charge in [0.15, 0.2) is 6.61 Å². The highest BCUT2D eigenvalue weighted by atomic mass is 16.6. The quantitative estimate of drug-likeness (QED) is 0.730. The number of methoxy groups -OCH3 is 1. The second-order valence-electron chi connectivity index (χ2n) is 7.97. The summed E-state index contributed by atoms with van der Waals surface area (Å²) in [6.07, 6.45) is 0.610. The highest BCUT2D eigenvalue weighted by molar-refractivity contribution is 5.81. The minimum Gasteiger partial charge on any atom is -0.497 e. The fourth-order valence-electron chi connectivity index (χ4n) is 2.87. The molecule has 0 bridgehead atoms. The summed E-state index contributed by atoms with van der Waals surface area (Å²) in [6, 6.07) is 7.32. The van der Waals surface area contributed by atoms with Crippen molar-refractivity contribution in [2.24, 2.45) is 5.92 Å². The lowest BCUT2D eigenvalue weighted by atomic mass is 9.97. The molecule has 0 aromatic heterocycles. The molecule has 0 saturated carbocycles. The van der Waals surface area contributed by atoms with Gasteiger partial charge in [-0.3, -0.25) is 9.59 Å². The molecule has 0 unspecified atom stereocenters. The van der Waals surface area contributed by atoms with E-state index in [0.29, 0.717) is 32.5 Å². The second kappa shape index (κ2) is 10.1. The monoisotopic (exact) mass is 406 g/mol. The molecule has 2 rings (SSSR count). The Kier molecular flexibility index (Phi) is 7.87. The van der Waals surface area contributed by atoms with Crippen LogP contribution in [0.5, 0.6) is 5.75 Å². The van der Waals surface area contributed by atoms with E-state index < -0.39 is 11.6 Å². The van der Waals surface area contributed by atoms with Crippen LogP contribution >= 0.6 is 0 Å². The van der Waals surface area contributed by atoms with Gasteiger partial charge >= 0.3 is 12.1 Å². The van der Waals surface area contributed by atoms with Gasteiger partial charge in [-0.25, -0.2) is 4.79 Å². The summed E-state index contributed by atoms with van der Waals surface area (Å²) in [5, 5.41) is 2.71. The molecule has 0 aliphatic carbocycles. The number of benzene rings is 1. The van der Waals surface area contributed by atoms with Crippen molar-refractivity contribution >= 4 is 18.0 Å². The molecule has 8 heteroatoms. The van der Waals surface area contributed by atoms with Crippen LogP contribution in [0.4, 0.5) is 4.79 Å². The Bertz CT molecular complexity index is 703. The summed E-state index contributed by atoms with van der Waals surface area (Å²) < 4.78 is 15.6. The first-order chi connectivity index (χ1) is 13.7. The van der Waals surface area contributed by atoms with Crippen molar-refractivity contribution in [2.75, 3.05) is 26.8 Å². The molecular formula is C21H30N2O6. The first-order valence-electron chi connectivity index (χ1n) is 9.72. The van der Waals surface area contributed by atoms with Gasteiger partial charge in [0.1, 0.15) is 11.4 Å².